The Morgan fingerprint density at radius 3 is 2.29 bits per heavy atom. The Bertz CT molecular complexity index is 820. The summed E-state index contributed by atoms with van der Waals surface area (Å²) in [7, 11) is -1.23. The van der Waals surface area contributed by atoms with E-state index >= 15 is 0 Å². The highest BCUT2D eigenvalue weighted by Gasteiger charge is 2.28. The predicted octanol–water partition coefficient (Wildman–Crippen LogP) is 2.38. The number of nitriles is 1. The van der Waals surface area contributed by atoms with Gasteiger partial charge in [-0.05, 0) is 12.1 Å². The van der Waals surface area contributed by atoms with Crippen molar-refractivity contribution in [2.75, 3.05) is 14.1 Å². The molecule has 0 bridgehead atoms. The monoisotopic (exact) mass is 344 g/mol. The number of rotatable bonds is 3. The molecule has 1 aromatic carbocycles. The maximum atomic E-state index is 12.4. The van der Waals surface area contributed by atoms with E-state index in [1.165, 1.54) is 14.1 Å². The van der Waals surface area contributed by atoms with Gasteiger partial charge in [-0.2, -0.15) is 22.0 Å². The Balaban J connectivity index is 2.82. The summed E-state index contributed by atoms with van der Waals surface area (Å²) in [6.07, 6.45) is 0. The second-order valence-electron chi connectivity index (χ2n) is 4.25. The molecule has 0 aliphatic heterocycles. The molecule has 1 aromatic heterocycles. The molecule has 0 radical (unpaired) electrons. The quantitative estimate of drug-likeness (QED) is 0.856. The summed E-state index contributed by atoms with van der Waals surface area (Å²) in [6, 6.07) is 8.14. The molecular formula is C12H10Cl2N4O2S. The lowest BCUT2D eigenvalue weighted by atomic mass is 10.2. The van der Waals surface area contributed by atoms with Gasteiger partial charge in [-0.1, -0.05) is 35.3 Å². The molecule has 0 saturated carbocycles. The number of benzene rings is 1. The maximum Gasteiger partial charge on any atom is 0.309 e. The first-order chi connectivity index (χ1) is 9.78. The van der Waals surface area contributed by atoms with Crippen LogP contribution >= 0.6 is 23.2 Å². The third kappa shape index (κ3) is 2.76. The Hall–Kier alpha value is -1.59. The van der Waals surface area contributed by atoms with Crippen molar-refractivity contribution in [3.05, 3.63) is 40.3 Å². The van der Waals surface area contributed by atoms with Crippen LogP contribution in [0.4, 0.5) is 0 Å². The highest BCUT2D eigenvalue weighted by Crippen LogP contribution is 2.31. The van der Waals surface area contributed by atoms with Crippen LogP contribution in [-0.2, 0) is 10.2 Å². The van der Waals surface area contributed by atoms with Crippen molar-refractivity contribution in [1.82, 2.24) is 13.3 Å². The van der Waals surface area contributed by atoms with Gasteiger partial charge in [-0.25, -0.2) is 4.98 Å². The minimum atomic E-state index is -3.94. The maximum absolute atomic E-state index is 12.4. The van der Waals surface area contributed by atoms with Crippen LogP contribution < -0.4 is 0 Å². The van der Waals surface area contributed by atoms with Crippen LogP contribution in [0.25, 0.3) is 11.3 Å². The fourth-order valence-electron chi connectivity index (χ4n) is 1.68. The zero-order chi connectivity index (χ0) is 15.8. The molecule has 0 saturated heterocycles. The van der Waals surface area contributed by atoms with Crippen molar-refractivity contribution < 1.29 is 8.42 Å². The lowest BCUT2D eigenvalue weighted by molar-refractivity contribution is 0.510. The van der Waals surface area contributed by atoms with Gasteiger partial charge in [-0.15, -0.1) is 0 Å². The van der Waals surface area contributed by atoms with Gasteiger partial charge in [0.05, 0.1) is 0 Å². The summed E-state index contributed by atoms with van der Waals surface area (Å²) in [4.78, 5) is 3.81. The standard InChI is InChI=1S/C12H10Cl2N4O2S/c1-17(2)21(19,20)18-10(7-15)16-12(14)11(18)8-3-5-9(13)6-4-8/h3-6H,1-2H3. The summed E-state index contributed by atoms with van der Waals surface area (Å²) in [5.41, 5.74) is 0.613. The SMILES string of the molecule is CN(C)S(=O)(=O)n1c(C#N)nc(Cl)c1-c1ccc(Cl)cc1. The van der Waals surface area contributed by atoms with Crippen LogP contribution in [0, 0.1) is 11.3 Å². The molecule has 21 heavy (non-hydrogen) atoms. The average molecular weight is 345 g/mol. The summed E-state index contributed by atoms with van der Waals surface area (Å²) in [6.45, 7) is 0. The van der Waals surface area contributed by atoms with Crippen molar-refractivity contribution in [1.29, 1.82) is 5.26 Å². The first-order valence-electron chi connectivity index (χ1n) is 5.66. The summed E-state index contributed by atoms with van der Waals surface area (Å²) >= 11 is 11.8. The largest absolute Gasteiger partial charge is 0.309 e. The molecule has 0 atom stereocenters. The Morgan fingerprint density at radius 2 is 1.81 bits per heavy atom. The summed E-state index contributed by atoms with van der Waals surface area (Å²) < 4.78 is 26.6. The lowest BCUT2D eigenvalue weighted by Gasteiger charge is -2.15. The molecule has 0 aliphatic rings. The minimum absolute atomic E-state index is 0.0701. The summed E-state index contributed by atoms with van der Waals surface area (Å²) in [5, 5.41) is 9.52. The van der Waals surface area contributed by atoms with E-state index in [2.05, 4.69) is 4.98 Å². The zero-order valence-electron chi connectivity index (χ0n) is 11.1. The zero-order valence-corrected chi connectivity index (χ0v) is 13.4. The van der Waals surface area contributed by atoms with Crippen molar-refractivity contribution in [2.45, 2.75) is 0 Å². The molecule has 0 fully saturated rings. The first-order valence-corrected chi connectivity index (χ1v) is 7.81. The normalized spacial score (nSPS) is 11.6. The predicted molar refractivity (Wildman–Crippen MR) is 80.4 cm³/mol. The Morgan fingerprint density at radius 1 is 1.24 bits per heavy atom. The fraction of sp³-hybridized carbons (Fsp3) is 0.167. The van der Waals surface area contributed by atoms with Gasteiger partial charge >= 0.3 is 10.2 Å². The highest BCUT2D eigenvalue weighted by molar-refractivity contribution is 7.87. The van der Waals surface area contributed by atoms with Gasteiger partial charge in [0.2, 0.25) is 5.82 Å². The molecule has 0 N–H and O–H groups in total. The molecule has 110 valence electrons. The smallest absolute Gasteiger partial charge is 0.205 e. The third-order valence-corrected chi connectivity index (χ3v) is 4.96. The van der Waals surface area contributed by atoms with E-state index < -0.39 is 10.2 Å². The van der Waals surface area contributed by atoms with E-state index in [4.69, 9.17) is 28.5 Å². The fourth-order valence-corrected chi connectivity index (χ4v) is 3.18. The third-order valence-electron chi connectivity index (χ3n) is 2.70. The molecule has 1 heterocycles. The van der Waals surface area contributed by atoms with E-state index in [0.29, 0.717) is 10.6 Å². The number of hydrogen-bond acceptors (Lipinski definition) is 4. The molecule has 6 nitrogen and oxygen atoms in total. The van der Waals surface area contributed by atoms with Crippen LogP contribution in [0.1, 0.15) is 5.82 Å². The van der Waals surface area contributed by atoms with Crippen molar-refractivity contribution in [2.24, 2.45) is 0 Å². The molecule has 0 unspecified atom stereocenters. The molecule has 0 spiro atoms. The van der Waals surface area contributed by atoms with Gasteiger partial charge in [0, 0.05) is 24.7 Å². The van der Waals surface area contributed by atoms with Crippen LogP contribution in [0.15, 0.2) is 24.3 Å². The van der Waals surface area contributed by atoms with Crippen molar-refractivity contribution in [3.8, 4) is 17.3 Å². The second kappa shape index (κ2) is 5.66. The number of nitrogens with zero attached hydrogens (tertiary/aromatic N) is 4. The second-order valence-corrected chi connectivity index (χ2v) is 7.03. The van der Waals surface area contributed by atoms with Gasteiger partial charge in [0.15, 0.2) is 5.15 Å². The van der Waals surface area contributed by atoms with E-state index in [1.807, 2.05) is 0 Å². The molecule has 9 heteroatoms. The minimum Gasteiger partial charge on any atom is -0.205 e. The number of imidazole rings is 1. The molecular weight excluding hydrogens is 335 g/mol. The molecule has 2 rings (SSSR count). The van der Waals surface area contributed by atoms with Crippen LogP contribution in [0.2, 0.25) is 10.2 Å². The Kier molecular flexibility index (Phi) is 4.25. The van der Waals surface area contributed by atoms with E-state index in [9.17, 15) is 8.42 Å². The van der Waals surface area contributed by atoms with Gasteiger partial charge < -0.3 is 0 Å². The van der Waals surface area contributed by atoms with Crippen LogP contribution in [0.3, 0.4) is 0 Å². The molecule has 0 amide bonds. The summed E-state index contributed by atoms with van der Waals surface area (Å²) in [5.74, 6) is -0.307. The van der Waals surface area contributed by atoms with Crippen molar-refractivity contribution in [3.63, 3.8) is 0 Å². The van der Waals surface area contributed by atoms with E-state index in [-0.39, 0.29) is 16.7 Å². The van der Waals surface area contributed by atoms with E-state index in [1.54, 1.807) is 30.3 Å². The highest BCUT2D eigenvalue weighted by atomic mass is 35.5. The first kappa shape index (κ1) is 15.8. The number of hydrogen-bond donors (Lipinski definition) is 0. The number of halogens is 2. The number of aromatic nitrogens is 2. The average Bonchev–Trinajstić information content (AvgIpc) is 2.77. The van der Waals surface area contributed by atoms with Crippen molar-refractivity contribution >= 4 is 33.4 Å². The van der Waals surface area contributed by atoms with Gasteiger partial charge in [0.1, 0.15) is 11.8 Å². The topological polar surface area (TPSA) is 79.0 Å². The van der Waals surface area contributed by atoms with Gasteiger partial charge in [0.25, 0.3) is 0 Å². The van der Waals surface area contributed by atoms with E-state index in [0.717, 1.165) is 8.28 Å². The Labute approximate surface area is 132 Å². The molecule has 2 aromatic rings. The lowest BCUT2D eigenvalue weighted by Crippen LogP contribution is -2.30. The van der Waals surface area contributed by atoms with Crippen LogP contribution in [-0.4, -0.2) is 35.8 Å². The van der Waals surface area contributed by atoms with Gasteiger partial charge in [-0.3, -0.25) is 0 Å². The van der Waals surface area contributed by atoms with Crippen LogP contribution in [0.5, 0.6) is 0 Å². The molecule has 0 aliphatic carbocycles.